The van der Waals surface area contributed by atoms with Crippen molar-refractivity contribution in [1.82, 2.24) is 4.90 Å². The molecule has 2 aliphatic heterocycles. The fourth-order valence-electron chi connectivity index (χ4n) is 2.75. The first-order valence-electron chi connectivity index (χ1n) is 6.90. The lowest BCUT2D eigenvalue weighted by Gasteiger charge is -2.41. The molecule has 0 radical (unpaired) electrons. The normalized spacial score (nSPS) is 28.1. The van der Waals surface area contributed by atoms with Crippen LogP contribution in [-0.2, 0) is 14.3 Å². The largest absolute Gasteiger partial charge is 0.381 e. The first kappa shape index (κ1) is 13.8. The molecule has 0 aromatic rings. The van der Waals surface area contributed by atoms with Gasteiger partial charge in [0.05, 0.1) is 18.1 Å². The van der Waals surface area contributed by atoms with E-state index in [0.29, 0.717) is 39.5 Å². The van der Waals surface area contributed by atoms with Crippen molar-refractivity contribution >= 4 is 5.91 Å². The minimum atomic E-state index is -0.395. The van der Waals surface area contributed by atoms with E-state index in [0.717, 1.165) is 19.3 Å². The number of morpholine rings is 1. The molecule has 0 aromatic carbocycles. The van der Waals surface area contributed by atoms with Gasteiger partial charge in [-0.3, -0.25) is 4.79 Å². The van der Waals surface area contributed by atoms with Gasteiger partial charge in [-0.2, -0.15) is 0 Å². The van der Waals surface area contributed by atoms with E-state index in [9.17, 15) is 4.79 Å². The van der Waals surface area contributed by atoms with Crippen LogP contribution in [0.1, 0.15) is 26.2 Å². The van der Waals surface area contributed by atoms with Gasteiger partial charge in [0.2, 0.25) is 5.91 Å². The van der Waals surface area contributed by atoms with Crippen LogP contribution in [0.25, 0.3) is 0 Å². The summed E-state index contributed by atoms with van der Waals surface area (Å²) in [6.07, 6.45) is 2.62. The number of hydrogen-bond donors (Lipinski definition) is 1. The Kier molecular flexibility index (Phi) is 4.59. The second-order valence-corrected chi connectivity index (χ2v) is 5.25. The smallest absolute Gasteiger partial charge is 0.230 e. The number of ether oxygens (including phenoxy) is 2. The predicted molar refractivity (Wildman–Crippen MR) is 68.2 cm³/mol. The van der Waals surface area contributed by atoms with Crippen LogP contribution in [0.2, 0.25) is 0 Å². The SMILES string of the molecule is CC[C@H]1CN(C(=O)C2(CN)CCOCC2)CCO1. The average Bonchev–Trinajstić information content (AvgIpc) is 2.47. The zero-order valence-corrected chi connectivity index (χ0v) is 11.2. The highest BCUT2D eigenvalue weighted by Gasteiger charge is 2.42. The van der Waals surface area contributed by atoms with Gasteiger partial charge in [-0.05, 0) is 19.3 Å². The molecule has 0 aromatic heterocycles. The Hall–Kier alpha value is -0.650. The number of amides is 1. The summed E-state index contributed by atoms with van der Waals surface area (Å²) in [7, 11) is 0. The third kappa shape index (κ3) is 2.68. The van der Waals surface area contributed by atoms with E-state index in [1.54, 1.807) is 0 Å². The number of hydrogen-bond acceptors (Lipinski definition) is 4. The molecule has 0 unspecified atom stereocenters. The second-order valence-electron chi connectivity index (χ2n) is 5.25. The van der Waals surface area contributed by atoms with E-state index in [2.05, 4.69) is 6.92 Å². The van der Waals surface area contributed by atoms with E-state index in [1.807, 2.05) is 4.90 Å². The molecule has 2 heterocycles. The standard InChI is InChI=1S/C13H24N2O3/c1-2-11-9-15(5-8-18-11)12(16)13(10-14)3-6-17-7-4-13/h11H,2-10,14H2,1H3/t11-/m0/s1. The summed E-state index contributed by atoms with van der Waals surface area (Å²) in [5, 5.41) is 0. The highest BCUT2D eigenvalue weighted by atomic mass is 16.5. The molecule has 1 amide bonds. The number of rotatable bonds is 3. The summed E-state index contributed by atoms with van der Waals surface area (Å²) in [5.74, 6) is 0.204. The van der Waals surface area contributed by atoms with Crippen LogP contribution >= 0.6 is 0 Å². The van der Waals surface area contributed by atoms with E-state index in [1.165, 1.54) is 0 Å². The summed E-state index contributed by atoms with van der Waals surface area (Å²) in [5.41, 5.74) is 5.48. The zero-order chi connectivity index (χ0) is 13.0. The Balaban J connectivity index is 2.04. The van der Waals surface area contributed by atoms with Crippen molar-refractivity contribution in [1.29, 1.82) is 0 Å². The molecular weight excluding hydrogens is 232 g/mol. The van der Waals surface area contributed by atoms with Gasteiger partial charge in [0.1, 0.15) is 0 Å². The van der Waals surface area contributed by atoms with Crippen LogP contribution in [-0.4, -0.2) is 56.4 Å². The molecule has 18 heavy (non-hydrogen) atoms. The van der Waals surface area contributed by atoms with Crippen LogP contribution in [0.3, 0.4) is 0 Å². The van der Waals surface area contributed by atoms with Crippen molar-refractivity contribution in [3.63, 3.8) is 0 Å². The molecule has 2 fully saturated rings. The molecule has 5 nitrogen and oxygen atoms in total. The Morgan fingerprint density at radius 2 is 2.11 bits per heavy atom. The lowest BCUT2D eigenvalue weighted by Crippen LogP contribution is -2.55. The Morgan fingerprint density at radius 1 is 1.39 bits per heavy atom. The van der Waals surface area contributed by atoms with E-state index < -0.39 is 5.41 Å². The van der Waals surface area contributed by atoms with Gasteiger partial charge < -0.3 is 20.1 Å². The summed E-state index contributed by atoms with van der Waals surface area (Å²) in [6, 6.07) is 0. The first-order chi connectivity index (χ1) is 8.72. The number of nitrogens with zero attached hydrogens (tertiary/aromatic N) is 1. The quantitative estimate of drug-likeness (QED) is 0.793. The lowest BCUT2D eigenvalue weighted by atomic mass is 9.78. The lowest BCUT2D eigenvalue weighted by molar-refractivity contribution is -0.154. The maximum Gasteiger partial charge on any atom is 0.230 e. The molecule has 2 rings (SSSR count). The van der Waals surface area contributed by atoms with Gasteiger partial charge in [0.25, 0.3) is 0 Å². The molecule has 104 valence electrons. The fourth-order valence-corrected chi connectivity index (χ4v) is 2.75. The van der Waals surface area contributed by atoms with Crippen molar-refractivity contribution in [2.75, 3.05) is 39.5 Å². The fraction of sp³-hybridized carbons (Fsp3) is 0.923. The molecule has 0 bridgehead atoms. The van der Waals surface area contributed by atoms with Gasteiger partial charge in [0, 0.05) is 32.8 Å². The molecular formula is C13H24N2O3. The third-order valence-electron chi connectivity index (χ3n) is 4.18. The van der Waals surface area contributed by atoms with Crippen molar-refractivity contribution < 1.29 is 14.3 Å². The topological polar surface area (TPSA) is 64.8 Å². The summed E-state index contributed by atoms with van der Waals surface area (Å²) >= 11 is 0. The minimum Gasteiger partial charge on any atom is -0.381 e. The molecule has 0 spiro atoms. The molecule has 0 aliphatic carbocycles. The highest BCUT2D eigenvalue weighted by Crippen LogP contribution is 2.32. The first-order valence-corrected chi connectivity index (χ1v) is 6.90. The van der Waals surface area contributed by atoms with Gasteiger partial charge in [-0.1, -0.05) is 6.92 Å². The van der Waals surface area contributed by atoms with E-state index in [4.69, 9.17) is 15.2 Å². The molecule has 1 atom stereocenters. The monoisotopic (exact) mass is 256 g/mol. The minimum absolute atomic E-state index is 0.178. The maximum atomic E-state index is 12.7. The average molecular weight is 256 g/mol. The van der Waals surface area contributed by atoms with Crippen LogP contribution in [0.5, 0.6) is 0 Å². The molecule has 2 aliphatic rings. The van der Waals surface area contributed by atoms with E-state index >= 15 is 0 Å². The van der Waals surface area contributed by atoms with Gasteiger partial charge in [-0.25, -0.2) is 0 Å². The van der Waals surface area contributed by atoms with Crippen molar-refractivity contribution in [3.8, 4) is 0 Å². The zero-order valence-electron chi connectivity index (χ0n) is 11.2. The van der Waals surface area contributed by atoms with Crippen molar-refractivity contribution in [2.24, 2.45) is 11.1 Å². The van der Waals surface area contributed by atoms with Crippen LogP contribution < -0.4 is 5.73 Å². The predicted octanol–water partition coefficient (Wildman–Crippen LogP) is 0.379. The number of carbonyl (C=O) groups excluding carboxylic acids is 1. The number of carbonyl (C=O) groups is 1. The summed E-state index contributed by atoms with van der Waals surface area (Å²) < 4.78 is 11.0. The van der Waals surface area contributed by atoms with Gasteiger partial charge in [0.15, 0.2) is 0 Å². The third-order valence-corrected chi connectivity index (χ3v) is 4.18. The van der Waals surface area contributed by atoms with E-state index in [-0.39, 0.29) is 12.0 Å². The Bertz CT molecular complexity index is 290. The Morgan fingerprint density at radius 3 is 2.72 bits per heavy atom. The number of nitrogens with two attached hydrogens (primary N) is 1. The van der Waals surface area contributed by atoms with Gasteiger partial charge >= 0.3 is 0 Å². The van der Waals surface area contributed by atoms with Crippen molar-refractivity contribution in [3.05, 3.63) is 0 Å². The highest BCUT2D eigenvalue weighted by molar-refractivity contribution is 5.83. The van der Waals surface area contributed by atoms with Crippen molar-refractivity contribution in [2.45, 2.75) is 32.3 Å². The Labute approximate surface area is 109 Å². The molecule has 0 saturated carbocycles. The van der Waals surface area contributed by atoms with Crippen LogP contribution in [0.15, 0.2) is 0 Å². The molecule has 5 heteroatoms. The summed E-state index contributed by atoms with van der Waals surface area (Å²) in [6.45, 7) is 5.83. The van der Waals surface area contributed by atoms with Gasteiger partial charge in [-0.15, -0.1) is 0 Å². The van der Waals surface area contributed by atoms with Crippen LogP contribution in [0.4, 0.5) is 0 Å². The second kappa shape index (κ2) is 5.99. The molecule has 2 N–H and O–H groups in total. The van der Waals surface area contributed by atoms with Crippen LogP contribution in [0, 0.1) is 5.41 Å². The summed E-state index contributed by atoms with van der Waals surface area (Å²) in [4.78, 5) is 14.6. The molecule has 2 saturated heterocycles. The maximum absolute atomic E-state index is 12.7.